The number of rotatable bonds is 6. The lowest BCUT2D eigenvalue weighted by Crippen LogP contribution is -2.28. The van der Waals surface area contributed by atoms with Gasteiger partial charge >= 0.3 is 0 Å². The summed E-state index contributed by atoms with van der Waals surface area (Å²) in [5.41, 5.74) is 2.11. The topological polar surface area (TPSA) is 92.3 Å². The zero-order valence-electron chi connectivity index (χ0n) is 13.8. The highest BCUT2D eigenvalue weighted by atomic mass is 32.2. The number of anilines is 1. The van der Waals surface area contributed by atoms with Gasteiger partial charge in [0, 0.05) is 23.9 Å². The SMILES string of the molecule is CSCc1ccc(C(=O)Nc2ccc(S(=O)(=O)NC(C)=O)cc2)cc1. The molecule has 2 rings (SSSR count). The number of carbonyl (C=O) groups excluding carboxylic acids is 2. The maximum absolute atomic E-state index is 12.2. The number of hydrogen-bond acceptors (Lipinski definition) is 5. The highest BCUT2D eigenvalue weighted by molar-refractivity contribution is 7.97. The van der Waals surface area contributed by atoms with Crippen molar-refractivity contribution in [2.24, 2.45) is 0 Å². The molecule has 0 unspecified atom stereocenters. The molecule has 2 amide bonds. The van der Waals surface area contributed by atoms with Gasteiger partial charge in [0.2, 0.25) is 5.91 Å². The predicted octanol–water partition coefficient (Wildman–Crippen LogP) is 2.63. The molecule has 0 aliphatic carbocycles. The second kappa shape index (κ2) is 8.17. The number of amides is 2. The quantitative estimate of drug-likeness (QED) is 0.806. The molecule has 6 nitrogen and oxygen atoms in total. The predicted molar refractivity (Wildman–Crippen MR) is 99.1 cm³/mol. The summed E-state index contributed by atoms with van der Waals surface area (Å²) in [6, 6.07) is 12.9. The minimum Gasteiger partial charge on any atom is -0.322 e. The molecular formula is C17H18N2O4S2. The van der Waals surface area contributed by atoms with Crippen LogP contribution in [0.3, 0.4) is 0 Å². The number of thioether (sulfide) groups is 1. The van der Waals surface area contributed by atoms with Crippen molar-refractivity contribution in [1.29, 1.82) is 0 Å². The molecule has 0 heterocycles. The number of sulfonamides is 1. The van der Waals surface area contributed by atoms with Crippen LogP contribution in [-0.4, -0.2) is 26.5 Å². The second-order valence-corrected chi connectivity index (χ2v) is 7.82. The zero-order chi connectivity index (χ0) is 18.4. The molecule has 0 saturated carbocycles. The molecule has 2 N–H and O–H groups in total. The molecular weight excluding hydrogens is 360 g/mol. The smallest absolute Gasteiger partial charge is 0.264 e. The van der Waals surface area contributed by atoms with Crippen molar-refractivity contribution in [2.45, 2.75) is 17.6 Å². The van der Waals surface area contributed by atoms with E-state index in [1.807, 2.05) is 23.1 Å². The minimum absolute atomic E-state index is 0.0536. The number of benzene rings is 2. The Morgan fingerprint density at radius 2 is 1.60 bits per heavy atom. The van der Waals surface area contributed by atoms with Gasteiger partial charge in [-0.3, -0.25) is 9.59 Å². The van der Waals surface area contributed by atoms with E-state index in [-0.39, 0.29) is 10.8 Å². The summed E-state index contributed by atoms with van der Waals surface area (Å²) in [6.07, 6.45) is 2.01. The van der Waals surface area contributed by atoms with Crippen LogP contribution >= 0.6 is 11.8 Å². The standard InChI is InChI=1S/C17H18N2O4S2/c1-12(20)19-25(22,23)16-9-7-15(8-10-16)18-17(21)14-5-3-13(4-6-14)11-24-2/h3-10H,11H2,1-2H3,(H,18,21)(H,19,20). The Kier molecular flexibility index (Phi) is 6.22. The molecule has 0 radical (unpaired) electrons. The van der Waals surface area contributed by atoms with Crippen LogP contribution in [0.2, 0.25) is 0 Å². The van der Waals surface area contributed by atoms with E-state index in [0.29, 0.717) is 11.3 Å². The summed E-state index contributed by atoms with van der Waals surface area (Å²) in [5.74, 6) is -0.0676. The minimum atomic E-state index is -3.88. The van der Waals surface area contributed by atoms with Crippen molar-refractivity contribution in [3.8, 4) is 0 Å². The van der Waals surface area contributed by atoms with E-state index in [1.54, 1.807) is 23.9 Å². The fourth-order valence-corrected chi connectivity index (χ4v) is 3.60. The van der Waals surface area contributed by atoms with E-state index < -0.39 is 15.9 Å². The maximum atomic E-state index is 12.2. The van der Waals surface area contributed by atoms with Crippen molar-refractivity contribution < 1.29 is 18.0 Å². The average molecular weight is 378 g/mol. The maximum Gasteiger partial charge on any atom is 0.264 e. The Bertz CT molecular complexity index is 861. The van der Waals surface area contributed by atoms with E-state index >= 15 is 0 Å². The molecule has 132 valence electrons. The molecule has 25 heavy (non-hydrogen) atoms. The third-order valence-electron chi connectivity index (χ3n) is 3.23. The Balaban J connectivity index is 2.08. The van der Waals surface area contributed by atoms with Crippen molar-refractivity contribution in [3.05, 3.63) is 59.7 Å². The molecule has 0 bridgehead atoms. The summed E-state index contributed by atoms with van der Waals surface area (Å²) >= 11 is 1.70. The highest BCUT2D eigenvalue weighted by Gasteiger charge is 2.15. The summed E-state index contributed by atoms with van der Waals surface area (Å²) in [7, 11) is -3.88. The van der Waals surface area contributed by atoms with Gasteiger partial charge in [-0.2, -0.15) is 11.8 Å². The van der Waals surface area contributed by atoms with Crippen LogP contribution in [0.25, 0.3) is 0 Å². The fraction of sp³-hybridized carbons (Fsp3) is 0.176. The first-order chi connectivity index (χ1) is 11.8. The molecule has 0 spiro atoms. The van der Waals surface area contributed by atoms with Gasteiger partial charge in [0.05, 0.1) is 4.90 Å². The van der Waals surface area contributed by atoms with Crippen LogP contribution in [0.5, 0.6) is 0 Å². The van der Waals surface area contributed by atoms with Gasteiger partial charge in [-0.1, -0.05) is 12.1 Å². The number of carbonyl (C=O) groups is 2. The first kappa shape index (κ1) is 19.0. The second-order valence-electron chi connectivity index (χ2n) is 5.27. The number of hydrogen-bond donors (Lipinski definition) is 2. The van der Waals surface area contributed by atoms with Gasteiger partial charge in [-0.25, -0.2) is 13.1 Å². The summed E-state index contributed by atoms with van der Waals surface area (Å²) < 4.78 is 25.6. The molecule has 0 aliphatic rings. The fourth-order valence-electron chi connectivity index (χ4n) is 2.09. The van der Waals surface area contributed by atoms with E-state index in [1.165, 1.54) is 24.3 Å². The van der Waals surface area contributed by atoms with E-state index in [0.717, 1.165) is 18.2 Å². The largest absolute Gasteiger partial charge is 0.322 e. The first-order valence-electron chi connectivity index (χ1n) is 7.34. The molecule has 0 aliphatic heterocycles. The molecule has 2 aromatic carbocycles. The Labute approximate surface area is 151 Å². The average Bonchev–Trinajstić information content (AvgIpc) is 2.55. The van der Waals surface area contributed by atoms with Crippen LogP contribution in [0.15, 0.2) is 53.4 Å². The lowest BCUT2D eigenvalue weighted by atomic mass is 10.1. The van der Waals surface area contributed by atoms with Crippen LogP contribution < -0.4 is 10.0 Å². The molecule has 8 heteroatoms. The van der Waals surface area contributed by atoms with Gasteiger partial charge in [0.25, 0.3) is 15.9 Å². The normalized spacial score (nSPS) is 11.0. The molecule has 0 atom stereocenters. The molecule has 2 aromatic rings. The highest BCUT2D eigenvalue weighted by Crippen LogP contribution is 2.16. The third-order valence-corrected chi connectivity index (χ3v) is 5.30. The Hall–Kier alpha value is -2.32. The van der Waals surface area contributed by atoms with Gasteiger partial charge in [0.1, 0.15) is 0 Å². The van der Waals surface area contributed by atoms with Gasteiger partial charge in [-0.15, -0.1) is 0 Å². The molecule has 0 saturated heterocycles. The van der Waals surface area contributed by atoms with Crippen molar-refractivity contribution in [3.63, 3.8) is 0 Å². The summed E-state index contributed by atoms with van der Waals surface area (Å²) in [6.45, 7) is 1.12. The van der Waals surface area contributed by atoms with Crippen LogP contribution in [0, 0.1) is 0 Å². The van der Waals surface area contributed by atoms with Gasteiger partial charge in [-0.05, 0) is 48.2 Å². The monoisotopic (exact) mass is 378 g/mol. The van der Waals surface area contributed by atoms with Gasteiger partial charge < -0.3 is 5.32 Å². The van der Waals surface area contributed by atoms with E-state index in [2.05, 4.69) is 5.32 Å². The van der Waals surface area contributed by atoms with Crippen molar-refractivity contribution >= 4 is 39.3 Å². The van der Waals surface area contributed by atoms with Crippen molar-refractivity contribution in [2.75, 3.05) is 11.6 Å². The van der Waals surface area contributed by atoms with E-state index in [9.17, 15) is 18.0 Å². The molecule has 0 aromatic heterocycles. The van der Waals surface area contributed by atoms with Crippen LogP contribution in [0.1, 0.15) is 22.8 Å². The number of nitrogens with one attached hydrogen (secondary N) is 2. The summed E-state index contributed by atoms with van der Waals surface area (Å²) in [5, 5.41) is 2.70. The lowest BCUT2D eigenvalue weighted by molar-refractivity contribution is -0.117. The first-order valence-corrected chi connectivity index (χ1v) is 10.2. The lowest BCUT2D eigenvalue weighted by Gasteiger charge is -2.08. The zero-order valence-corrected chi connectivity index (χ0v) is 15.4. The Morgan fingerprint density at radius 1 is 1.00 bits per heavy atom. The summed E-state index contributed by atoms with van der Waals surface area (Å²) in [4.78, 5) is 23.1. The van der Waals surface area contributed by atoms with Crippen LogP contribution in [0.4, 0.5) is 5.69 Å². The van der Waals surface area contributed by atoms with Gasteiger partial charge in [0.15, 0.2) is 0 Å². The Morgan fingerprint density at radius 3 is 2.12 bits per heavy atom. The third kappa shape index (κ3) is 5.33. The van der Waals surface area contributed by atoms with Crippen molar-refractivity contribution in [1.82, 2.24) is 4.72 Å². The van der Waals surface area contributed by atoms with E-state index in [4.69, 9.17) is 0 Å². The van der Waals surface area contributed by atoms with Crippen LogP contribution in [-0.2, 0) is 20.6 Å². The molecule has 0 fully saturated rings.